The van der Waals surface area contributed by atoms with Crippen LogP contribution in [0.25, 0.3) is 6.08 Å². The molecule has 5 nitrogen and oxygen atoms in total. The molecule has 0 aliphatic carbocycles. The largest absolute Gasteiger partial charge is 0.493 e. The van der Waals surface area contributed by atoms with E-state index in [9.17, 15) is 4.79 Å². The van der Waals surface area contributed by atoms with Gasteiger partial charge >= 0.3 is 5.97 Å². The van der Waals surface area contributed by atoms with Gasteiger partial charge in [-0.2, -0.15) is 0 Å². The third-order valence-electron chi connectivity index (χ3n) is 3.34. The van der Waals surface area contributed by atoms with E-state index in [1.54, 1.807) is 25.3 Å². The van der Waals surface area contributed by atoms with E-state index in [1.807, 2.05) is 0 Å². The van der Waals surface area contributed by atoms with Crippen LogP contribution in [0.3, 0.4) is 0 Å². The maximum absolute atomic E-state index is 10.7. The van der Waals surface area contributed by atoms with E-state index in [-0.39, 0.29) is 6.10 Å². The molecule has 5 heteroatoms. The standard InChI is InChI=1S/C16H20O5/c1-19-14-6-2-4-12(7-8-15(17)18)16(14)21-11-9-13-5-3-10-20-13/h2,4,6-8,13H,3,5,9-11H2,1H3,(H,17,18). The second-order valence-corrected chi connectivity index (χ2v) is 4.82. The van der Waals surface area contributed by atoms with Gasteiger partial charge in [0, 0.05) is 24.7 Å². The van der Waals surface area contributed by atoms with Gasteiger partial charge in [-0.1, -0.05) is 12.1 Å². The molecule has 1 aromatic rings. The molecule has 1 saturated heterocycles. The smallest absolute Gasteiger partial charge is 0.328 e. The molecule has 1 aliphatic heterocycles. The van der Waals surface area contributed by atoms with Crippen molar-refractivity contribution in [3.05, 3.63) is 29.8 Å². The summed E-state index contributed by atoms with van der Waals surface area (Å²) < 4.78 is 16.6. The first-order valence-corrected chi connectivity index (χ1v) is 7.03. The Bertz CT molecular complexity index is 503. The van der Waals surface area contributed by atoms with E-state index in [4.69, 9.17) is 19.3 Å². The van der Waals surface area contributed by atoms with Crippen LogP contribution in [0.15, 0.2) is 24.3 Å². The highest BCUT2D eigenvalue weighted by Gasteiger charge is 2.16. The molecular formula is C16H20O5. The Hall–Kier alpha value is -2.01. The Morgan fingerprint density at radius 2 is 2.38 bits per heavy atom. The highest BCUT2D eigenvalue weighted by atomic mass is 16.5. The number of aliphatic carboxylic acids is 1. The first-order chi connectivity index (χ1) is 10.2. The zero-order valence-corrected chi connectivity index (χ0v) is 12.1. The van der Waals surface area contributed by atoms with E-state index in [2.05, 4.69) is 0 Å². The maximum Gasteiger partial charge on any atom is 0.328 e. The molecule has 1 aromatic carbocycles. The monoisotopic (exact) mass is 292 g/mol. The summed E-state index contributed by atoms with van der Waals surface area (Å²) in [5, 5.41) is 8.74. The fraction of sp³-hybridized carbons (Fsp3) is 0.438. The lowest BCUT2D eigenvalue weighted by Crippen LogP contribution is -2.11. The number of ether oxygens (including phenoxy) is 3. The summed E-state index contributed by atoms with van der Waals surface area (Å²) in [4.78, 5) is 10.7. The highest BCUT2D eigenvalue weighted by Crippen LogP contribution is 2.32. The van der Waals surface area contributed by atoms with Gasteiger partial charge in [0.05, 0.1) is 19.8 Å². The maximum atomic E-state index is 10.7. The molecule has 0 radical (unpaired) electrons. The molecule has 1 N–H and O–H groups in total. The van der Waals surface area contributed by atoms with Crippen LogP contribution in [0, 0.1) is 0 Å². The number of benzene rings is 1. The summed E-state index contributed by atoms with van der Waals surface area (Å²) in [7, 11) is 1.56. The van der Waals surface area contributed by atoms with Crippen molar-refractivity contribution in [2.75, 3.05) is 20.3 Å². The molecule has 1 aliphatic rings. The van der Waals surface area contributed by atoms with Crippen molar-refractivity contribution >= 4 is 12.0 Å². The summed E-state index contributed by atoms with van der Waals surface area (Å²) in [6.45, 7) is 1.34. The summed E-state index contributed by atoms with van der Waals surface area (Å²) >= 11 is 0. The molecule has 0 amide bonds. The van der Waals surface area contributed by atoms with Crippen molar-refractivity contribution in [1.29, 1.82) is 0 Å². The van der Waals surface area contributed by atoms with Crippen LogP contribution in [-0.4, -0.2) is 37.5 Å². The van der Waals surface area contributed by atoms with Crippen LogP contribution in [0.4, 0.5) is 0 Å². The number of carbonyl (C=O) groups is 1. The topological polar surface area (TPSA) is 65.0 Å². The number of hydrogen-bond donors (Lipinski definition) is 1. The fourth-order valence-electron chi connectivity index (χ4n) is 2.30. The summed E-state index contributed by atoms with van der Waals surface area (Å²) in [6, 6.07) is 5.39. The molecule has 1 heterocycles. The van der Waals surface area contributed by atoms with E-state index in [0.717, 1.165) is 31.9 Å². The average molecular weight is 292 g/mol. The van der Waals surface area contributed by atoms with Gasteiger partial charge in [-0.15, -0.1) is 0 Å². The minimum atomic E-state index is -0.997. The van der Waals surface area contributed by atoms with E-state index in [1.165, 1.54) is 6.08 Å². The van der Waals surface area contributed by atoms with Gasteiger partial charge in [-0.05, 0) is 25.0 Å². The van der Waals surface area contributed by atoms with Gasteiger partial charge in [0.2, 0.25) is 0 Å². The van der Waals surface area contributed by atoms with Crippen LogP contribution in [0.2, 0.25) is 0 Å². The first-order valence-electron chi connectivity index (χ1n) is 7.03. The zero-order valence-electron chi connectivity index (χ0n) is 12.1. The molecule has 1 unspecified atom stereocenters. The molecule has 114 valence electrons. The van der Waals surface area contributed by atoms with Gasteiger partial charge in [0.15, 0.2) is 11.5 Å². The predicted molar refractivity (Wildman–Crippen MR) is 78.7 cm³/mol. The Balaban J connectivity index is 2.05. The fourth-order valence-corrected chi connectivity index (χ4v) is 2.30. The molecular weight excluding hydrogens is 272 g/mol. The van der Waals surface area contributed by atoms with Crippen molar-refractivity contribution in [3.8, 4) is 11.5 Å². The van der Waals surface area contributed by atoms with Crippen LogP contribution in [0.5, 0.6) is 11.5 Å². The van der Waals surface area contributed by atoms with Gasteiger partial charge in [0.25, 0.3) is 0 Å². The Labute approximate surface area is 124 Å². The number of carboxylic acids is 1. The predicted octanol–water partition coefficient (Wildman–Crippen LogP) is 2.74. The summed E-state index contributed by atoms with van der Waals surface area (Å²) in [6.07, 6.45) is 5.85. The number of methoxy groups -OCH3 is 1. The van der Waals surface area contributed by atoms with E-state index in [0.29, 0.717) is 23.7 Å². The molecule has 2 rings (SSSR count). The molecule has 0 bridgehead atoms. The number of carboxylic acid groups (broad SMARTS) is 1. The normalized spacial score (nSPS) is 18.0. The van der Waals surface area contributed by atoms with Crippen molar-refractivity contribution in [3.63, 3.8) is 0 Å². The molecule has 1 atom stereocenters. The summed E-state index contributed by atoms with van der Waals surface area (Å²) in [5.74, 6) is 0.161. The Morgan fingerprint density at radius 3 is 3.05 bits per heavy atom. The van der Waals surface area contributed by atoms with Crippen LogP contribution >= 0.6 is 0 Å². The minimum absolute atomic E-state index is 0.262. The van der Waals surface area contributed by atoms with Crippen LogP contribution in [0.1, 0.15) is 24.8 Å². The van der Waals surface area contributed by atoms with Crippen molar-refractivity contribution in [2.45, 2.75) is 25.4 Å². The molecule has 0 aromatic heterocycles. The zero-order chi connectivity index (χ0) is 15.1. The number of para-hydroxylation sites is 1. The minimum Gasteiger partial charge on any atom is -0.493 e. The Morgan fingerprint density at radius 1 is 1.52 bits per heavy atom. The molecule has 1 fully saturated rings. The lowest BCUT2D eigenvalue weighted by molar-refractivity contribution is -0.131. The van der Waals surface area contributed by atoms with Gasteiger partial charge < -0.3 is 19.3 Å². The van der Waals surface area contributed by atoms with Crippen molar-refractivity contribution in [2.24, 2.45) is 0 Å². The van der Waals surface area contributed by atoms with Gasteiger partial charge in [-0.25, -0.2) is 4.79 Å². The van der Waals surface area contributed by atoms with Gasteiger partial charge in [0.1, 0.15) is 0 Å². The molecule has 21 heavy (non-hydrogen) atoms. The Kier molecular flexibility index (Phi) is 5.63. The van der Waals surface area contributed by atoms with Crippen molar-refractivity contribution in [1.82, 2.24) is 0 Å². The highest BCUT2D eigenvalue weighted by molar-refractivity contribution is 5.86. The molecule has 0 saturated carbocycles. The quantitative estimate of drug-likeness (QED) is 0.783. The SMILES string of the molecule is COc1cccc(C=CC(=O)O)c1OCCC1CCCO1. The lowest BCUT2D eigenvalue weighted by Gasteiger charge is -2.15. The number of hydrogen-bond acceptors (Lipinski definition) is 4. The lowest BCUT2D eigenvalue weighted by atomic mass is 10.1. The first kappa shape index (κ1) is 15.4. The van der Waals surface area contributed by atoms with Crippen LogP contribution in [-0.2, 0) is 9.53 Å². The van der Waals surface area contributed by atoms with E-state index < -0.39 is 5.97 Å². The third kappa shape index (κ3) is 4.49. The average Bonchev–Trinajstić information content (AvgIpc) is 2.99. The third-order valence-corrected chi connectivity index (χ3v) is 3.34. The van der Waals surface area contributed by atoms with Crippen molar-refractivity contribution < 1.29 is 24.1 Å². The second-order valence-electron chi connectivity index (χ2n) is 4.82. The van der Waals surface area contributed by atoms with Gasteiger partial charge in [-0.3, -0.25) is 0 Å². The molecule has 0 spiro atoms. The summed E-state index contributed by atoms with van der Waals surface area (Å²) in [5.41, 5.74) is 0.684. The second kappa shape index (κ2) is 7.69. The van der Waals surface area contributed by atoms with Crippen LogP contribution < -0.4 is 9.47 Å². The van der Waals surface area contributed by atoms with E-state index >= 15 is 0 Å². The number of rotatable bonds is 7.